The van der Waals surface area contributed by atoms with Gasteiger partial charge in [-0.15, -0.1) is 10.2 Å². The Morgan fingerprint density at radius 3 is 2.27 bits per heavy atom. The van der Waals surface area contributed by atoms with E-state index >= 15 is 4.39 Å². The smallest absolute Gasteiger partial charge is 0.414 e. The molecule has 4 aliphatic heterocycles. The fraction of sp³-hybridized carbons (Fsp3) is 0.585. The number of nitrogens with one attached hydrogen (secondary N) is 3. The Morgan fingerprint density at radius 1 is 0.891 bits per heavy atom. The van der Waals surface area contributed by atoms with E-state index in [4.69, 9.17) is 9.72 Å². The van der Waals surface area contributed by atoms with Crippen molar-refractivity contribution < 1.29 is 13.9 Å². The Kier molecular flexibility index (Phi) is 8.04. The largest absolute Gasteiger partial charge is 0.442 e. The first-order valence-corrected chi connectivity index (χ1v) is 19.8. The SMILES string of the molecule is N#CC1C2CNCC12CCCCC(C(c1ccc(-c2ccc(N3C[C@H](Cn4cnnc4)OC3=O)cc2F)cn1)C12CNCC1C2C#N)C12CNCC1C2C#N. The second kappa shape index (κ2) is 12.8. The van der Waals surface area contributed by atoms with Crippen LogP contribution < -0.4 is 20.9 Å². The number of anilines is 1. The third kappa shape index (κ3) is 5.09. The fourth-order valence-corrected chi connectivity index (χ4v) is 12.4. The maximum absolute atomic E-state index is 15.9. The molecule has 55 heavy (non-hydrogen) atoms. The molecule has 2 aromatic heterocycles. The Morgan fingerprint density at radius 2 is 1.60 bits per heavy atom. The summed E-state index contributed by atoms with van der Waals surface area (Å²) >= 11 is 0. The first-order chi connectivity index (χ1) is 26.9. The molecule has 10 rings (SSSR count). The van der Waals surface area contributed by atoms with Gasteiger partial charge in [-0.1, -0.05) is 18.9 Å². The van der Waals surface area contributed by atoms with Crippen molar-refractivity contribution in [3.63, 3.8) is 0 Å². The van der Waals surface area contributed by atoms with Gasteiger partial charge in [-0.25, -0.2) is 9.18 Å². The molecule has 3 aromatic rings. The van der Waals surface area contributed by atoms with Crippen LogP contribution in [0.25, 0.3) is 11.1 Å². The van der Waals surface area contributed by atoms with Gasteiger partial charge in [0.2, 0.25) is 0 Å². The molecule has 282 valence electrons. The number of halogens is 1. The number of nitriles is 3. The van der Waals surface area contributed by atoms with Gasteiger partial charge in [0.1, 0.15) is 24.6 Å². The van der Waals surface area contributed by atoms with Crippen LogP contribution in [0.3, 0.4) is 0 Å². The molecule has 14 heteroatoms. The highest BCUT2D eigenvalue weighted by atomic mass is 19.1. The van der Waals surface area contributed by atoms with Crippen LogP contribution >= 0.6 is 0 Å². The molecule has 1 aromatic carbocycles. The number of benzene rings is 1. The number of nitrogens with zero attached hydrogens (tertiary/aromatic N) is 8. The van der Waals surface area contributed by atoms with Gasteiger partial charge in [0.15, 0.2) is 0 Å². The average molecular weight is 742 g/mol. The number of amides is 1. The van der Waals surface area contributed by atoms with Crippen LogP contribution in [0.2, 0.25) is 0 Å². The number of ether oxygens (including phenoxy) is 1. The van der Waals surface area contributed by atoms with Gasteiger partial charge in [-0.05, 0) is 80.4 Å². The average Bonchev–Trinajstić information content (AvgIpc) is 3.67. The molecule has 7 aliphatic rings. The summed E-state index contributed by atoms with van der Waals surface area (Å²) in [6.07, 6.45) is 7.90. The molecular formula is C41H44FN11O2. The van der Waals surface area contributed by atoms with Gasteiger partial charge in [0, 0.05) is 64.8 Å². The zero-order valence-electron chi connectivity index (χ0n) is 30.6. The Balaban J connectivity index is 0.929. The van der Waals surface area contributed by atoms with Crippen LogP contribution in [0.5, 0.6) is 0 Å². The van der Waals surface area contributed by atoms with Gasteiger partial charge in [0.25, 0.3) is 0 Å². The van der Waals surface area contributed by atoms with Gasteiger partial charge in [0.05, 0.1) is 54.7 Å². The maximum Gasteiger partial charge on any atom is 0.414 e. The minimum Gasteiger partial charge on any atom is -0.442 e. The van der Waals surface area contributed by atoms with Crippen LogP contribution in [0.1, 0.15) is 37.3 Å². The minimum atomic E-state index is -0.529. The summed E-state index contributed by atoms with van der Waals surface area (Å²) in [4.78, 5) is 19.3. The van der Waals surface area contributed by atoms with Crippen molar-refractivity contribution >= 4 is 11.8 Å². The second-order valence-electron chi connectivity index (χ2n) is 17.2. The van der Waals surface area contributed by atoms with Crippen molar-refractivity contribution in [3.05, 3.63) is 60.7 Å². The number of hydrogen-bond acceptors (Lipinski definition) is 11. The molecule has 0 spiro atoms. The first kappa shape index (κ1) is 34.5. The topological polar surface area (TPSA) is 181 Å². The standard InChI is InChI=1S/C41H44FN11O2/c42-35-9-25(53-18-26(55-38(53)54)17-52-22-50-51-23-52)5-6-27(35)24-4-7-36(49-13-24)37(41-21-48-16-34(41)31(41)12-45)28(40-20-47-15-33(40)30(40)11-44)3-1-2-8-39-19-46-14-32(39)29(39)10-43/h4-7,9,13,22-23,26,28-34,37,46-48H,1-3,8,14-21H2/t26-,28?,29?,30?,31?,32?,33?,34?,37?,39?,40?,41?/m0/s1. The Labute approximate surface area is 319 Å². The maximum atomic E-state index is 15.9. The van der Waals surface area contributed by atoms with Crippen molar-refractivity contribution in [1.82, 2.24) is 35.7 Å². The highest BCUT2D eigenvalue weighted by molar-refractivity contribution is 5.90. The molecule has 1 amide bonds. The molecule has 0 bridgehead atoms. The summed E-state index contributed by atoms with van der Waals surface area (Å²) in [5.74, 6) is 0.630. The van der Waals surface area contributed by atoms with Crippen molar-refractivity contribution in [2.45, 2.75) is 44.2 Å². The van der Waals surface area contributed by atoms with Gasteiger partial charge in [-0.3, -0.25) is 9.88 Å². The molecule has 12 atom stereocenters. The lowest BCUT2D eigenvalue weighted by atomic mass is 9.65. The molecule has 13 nitrogen and oxygen atoms in total. The molecular weight excluding hydrogens is 698 g/mol. The zero-order chi connectivity index (χ0) is 37.5. The van der Waals surface area contributed by atoms with Gasteiger partial charge in [-0.2, -0.15) is 15.8 Å². The predicted molar refractivity (Wildman–Crippen MR) is 196 cm³/mol. The molecule has 3 N–H and O–H groups in total. The van der Waals surface area contributed by atoms with E-state index in [1.807, 2.05) is 12.1 Å². The van der Waals surface area contributed by atoms with E-state index in [1.165, 1.54) is 11.0 Å². The summed E-state index contributed by atoms with van der Waals surface area (Å²) in [7, 11) is 0. The number of unbranched alkanes of at least 4 members (excludes halogenated alkanes) is 1. The monoisotopic (exact) mass is 741 g/mol. The van der Waals surface area contributed by atoms with Crippen LogP contribution in [-0.2, 0) is 11.3 Å². The normalized spacial score (nSPS) is 37.2. The third-order valence-corrected chi connectivity index (χ3v) is 15.1. The molecule has 3 saturated carbocycles. The lowest BCUT2D eigenvalue weighted by Gasteiger charge is -2.39. The first-order valence-electron chi connectivity index (χ1n) is 19.8. The van der Waals surface area contributed by atoms with E-state index < -0.39 is 18.0 Å². The number of carbonyl (C=O) groups excluding carboxylic acids is 1. The highest BCUT2D eigenvalue weighted by Crippen LogP contribution is 2.76. The van der Waals surface area contributed by atoms with E-state index in [9.17, 15) is 20.6 Å². The van der Waals surface area contributed by atoms with Crippen molar-refractivity contribution in [1.29, 1.82) is 15.8 Å². The third-order valence-electron chi connectivity index (χ3n) is 15.1. The van der Waals surface area contributed by atoms with Gasteiger partial charge >= 0.3 is 6.09 Å². The van der Waals surface area contributed by atoms with E-state index in [1.54, 1.807) is 35.6 Å². The number of hydrogen-bond donors (Lipinski definition) is 3. The molecule has 4 saturated heterocycles. The summed E-state index contributed by atoms with van der Waals surface area (Å²) < 4.78 is 23.2. The fourth-order valence-electron chi connectivity index (χ4n) is 12.4. The summed E-state index contributed by atoms with van der Waals surface area (Å²) in [5.41, 5.74) is 1.99. The number of pyridine rings is 1. The lowest BCUT2D eigenvalue weighted by Crippen LogP contribution is -2.38. The molecule has 3 aliphatic carbocycles. The number of piperidine rings is 3. The van der Waals surface area contributed by atoms with E-state index in [-0.39, 0.29) is 64.2 Å². The molecule has 7 fully saturated rings. The lowest BCUT2D eigenvalue weighted by molar-refractivity contribution is 0.131. The molecule has 11 unspecified atom stereocenters. The number of cyclic esters (lactones) is 1. The molecule has 6 heterocycles. The number of aromatic nitrogens is 4. The van der Waals surface area contributed by atoms with Crippen molar-refractivity contribution in [3.8, 4) is 29.3 Å². The summed E-state index contributed by atoms with van der Waals surface area (Å²) in [6, 6.07) is 16.6. The van der Waals surface area contributed by atoms with E-state index in [0.29, 0.717) is 29.3 Å². The van der Waals surface area contributed by atoms with Crippen LogP contribution in [-0.4, -0.2) is 77.8 Å². The highest BCUT2D eigenvalue weighted by Gasteiger charge is 2.78. The van der Waals surface area contributed by atoms with E-state index in [2.05, 4.69) is 44.4 Å². The van der Waals surface area contributed by atoms with Crippen molar-refractivity contribution in [2.24, 2.45) is 57.7 Å². The minimum absolute atomic E-state index is 0.0314. The van der Waals surface area contributed by atoms with Crippen LogP contribution in [0.4, 0.5) is 14.9 Å². The zero-order valence-corrected chi connectivity index (χ0v) is 30.6. The van der Waals surface area contributed by atoms with Crippen LogP contribution in [0, 0.1) is 97.5 Å². The number of carbonyl (C=O) groups is 1. The van der Waals surface area contributed by atoms with Crippen LogP contribution in [0.15, 0.2) is 49.2 Å². The quantitative estimate of drug-likeness (QED) is 0.217. The Hall–Kier alpha value is -4.94. The summed E-state index contributed by atoms with van der Waals surface area (Å²) in [5, 5.41) is 49.0. The van der Waals surface area contributed by atoms with E-state index in [0.717, 1.165) is 70.6 Å². The number of rotatable bonds is 13. The number of fused-ring (bicyclic) bond motifs is 3. The molecule has 0 radical (unpaired) electrons. The second-order valence-corrected chi connectivity index (χ2v) is 17.2. The van der Waals surface area contributed by atoms with Crippen molar-refractivity contribution in [2.75, 3.05) is 50.7 Å². The Bertz CT molecular complexity index is 2130. The summed E-state index contributed by atoms with van der Waals surface area (Å²) in [6.45, 7) is 5.69. The predicted octanol–water partition coefficient (Wildman–Crippen LogP) is 3.84. The van der Waals surface area contributed by atoms with Gasteiger partial charge < -0.3 is 25.3 Å².